The zero-order chi connectivity index (χ0) is 21.5. The molecule has 0 aliphatic carbocycles. The monoisotopic (exact) mass is 428 g/mol. The number of hydrogen-bond acceptors (Lipinski definition) is 5. The van der Waals surface area contributed by atoms with Gasteiger partial charge in [-0.2, -0.15) is 0 Å². The van der Waals surface area contributed by atoms with Crippen LogP contribution in [0.15, 0.2) is 41.9 Å². The normalized spacial score (nSPS) is 17.5. The fraction of sp³-hybridized carbons (Fsp3) is 0.522. The number of piperidine rings is 1. The van der Waals surface area contributed by atoms with Crippen LogP contribution in [0.4, 0.5) is 0 Å². The highest BCUT2D eigenvalue weighted by molar-refractivity contribution is 7.09. The lowest BCUT2D eigenvalue weighted by molar-refractivity contribution is -0.127. The Kier molecular flexibility index (Phi) is 7.99. The summed E-state index contributed by atoms with van der Waals surface area (Å²) in [6.45, 7) is 8.13. The number of aromatic nitrogens is 1. The van der Waals surface area contributed by atoms with Gasteiger partial charge in [0.15, 0.2) is 0 Å². The largest absolute Gasteiger partial charge is 0.353 e. The predicted octanol–water partition coefficient (Wildman–Crippen LogP) is 3.22. The Balaban J connectivity index is 1.51. The number of carbonyl (C=O) groups excluding carboxylic acids is 2. The van der Waals surface area contributed by atoms with Gasteiger partial charge in [-0.15, -0.1) is 11.3 Å². The molecule has 1 aromatic heterocycles. The Morgan fingerprint density at radius 2 is 1.83 bits per heavy atom. The fourth-order valence-corrected chi connectivity index (χ4v) is 4.30. The Morgan fingerprint density at radius 1 is 1.13 bits per heavy atom. The molecule has 30 heavy (non-hydrogen) atoms. The Morgan fingerprint density at radius 3 is 2.43 bits per heavy atom. The summed E-state index contributed by atoms with van der Waals surface area (Å²) in [6.07, 6.45) is 3.34. The number of amides is 2. The van der Waals surface area contributed by atoms with E-state index >= 15 is 0 Å². The molecule has 0 bridgehead atoms. The first-order chi connectivity index (χ1) is 14.4. The third-order valence-corrected chi connectivity index (χ3v) is 6.67. The lowest BCUT2D eigenvalue weighted by Crippen LogP contribution is -2.46. The fourth-order valence-electron chi connectivity index (χ4n) is 3.58. The van der Waals surface area contributed by atoms with E-state index in [1.54, 1.807) is 17.5 Å². The van der Waals surface area contributed by atoms with Gasteiger partial charge in [0.05, 0.1) is 6.54 Å². The second kappa shape index (κ2) is 10.7. The quantitative estimate of drug-likeness (QED) is 0.677. The van der Waals surface area contributed by atoms with Crippen molar-refractivity contribution < 1.29 is 9.59 Å². The number of nitrogens with zero attached hydrogens (tertiary/aromatic N) is 2. The van der Waals surface area contributed by atoms with Gasteiger partial charge < -0.3 is 10.6 Å². The first-order valence-electron chi connectivity index (χ1n) is 10.7. The Labute approximate surface area is 183 Å². The van der Waals surface area contributed by atoms with Crippen LogP contribution in [0.1, 0.15) is 50.2 Å². The standard InChI is InChI=1S/C23H32N4O2S/c1-16(2)17(3)25-22(29)19-9-12-27(13-10-19)15-20(28)26-21(23-24-11-14-30-23)18-7-5-4-6-8-18/h4-8,11,14,16-17,19,21H,9-10,12-13,15H2,1-3H3,(H,25,29)(H,26,28). The minimum atomic E-state index is -0.237. The molecule has 2 N–H and O–H groups in total. The number of rotatable bonds is 8. The van der Waals surface area contributed by atoms with Crippen LogP contribution >= 0.6 is 11.3 Å². The summed E-state index contributed by atoms with van der Waals surface area (Å²) in [5, 5.41) is 9.07. The minimum absolute atomic E-state index is 0.0182. The number of hydrogen-bond donors (Lipinski definition) is 2. The summed E-state index contributed by atoms with van der Waals surface area (Å²) in [6, 6.07) is 9.87. The summed E-state index contributed by atoms with van der Waals surface area (Å²) in [5.41, 5.74) is 1.02. The van der Waals surface area contributed by atoms with Crippen LogP contribution in [0, 0.1) is 11.8 Å². The molecule has 3 rings (SSSR count). The summed E-state index contributed by atoms with van der Waals surface area (Å²) in [4.78, 5) is 31.8. The van der Waals surface area contributed by atoms with Gasteiger partial charge in [0.2, 0.25) is 11.8 Å². The molecule has 2 amide bonds. The van der Waals surface area contributed by atoms with Gasteiger partial charge in [-0.3, -0.25) is 14.5 Å². The summed E-state index contributed by atoms with van der Waals surface area (Å²) < 4.78 is 0. The molecule has 2 unspecified atom stereocenters. The average molecular weight is 429 g/mol. The van der Waals surface area contributed by atoms with Crippen molar-refractivity contribution in [2.24, 2.45) is 11.8 Å². The highest BCUT2D eigenvalue weighted by Crippen LogP contribution is 2.24. The topological polar surface area (TPSA) is 74.3 Å². The zero-order valence-corrected chi connectivity index (χ0v) is 18.8. The van der Waals surface area contributed by atoms with Crippen LogP contribution in [0.3, 0.4) is 0 Å². The van der Waals surface area contributed by atoms with Crippen LogP contribution in [0.5, 0.6) is 0 Å². The van der Waals surface area contributed by atoms with E-state index in [4.69, 9.17) is 0 Å². The molecule has 6 nitrogen and oxygen atoms in total. The molecule has 162 valence electrons. The Hall–Kier alpha value is -2.25. The smallest absolute Gasteiger partial charge is 0.235 e. The van der Waals surface area contributed by atoms with Gasteiger partial charge in [0.25, 0.3) is 0 Å². The van der Waals surface area contributed by atoms with E-state index in [1.807, 2.05) is 42.6 Å². The molecule has 2 atom stereocenters. The van der Waals surface area contributed by atoms with E-state index < -0.39 is 0 Å². The van der Waals surface area contributed by atoms with E-state index in [0.29, 0.717) is 12.5 Å². The van der Waals surface area contributed by atoms with Crippen molar-refractivity contribution in [2.45, 2.75) is 45.7 Å². The van der Waals surface area contributed by atoms with Gasteiger partial charge in [-0.1, -0.05) is 44.2 Å². The zero-order valence-electron chi connectivity index (χ0n) is 18.0. The first-order valence-corrected chi connectivity index (χ1v) is 11.6. The van der Waals surface area contributed by atoms with Gasteiger partial charge in [0.1, 0.15) is 11.0 Å². The summed E-state index contributed by atoms with van der Waals surface area (Å²) in [7, 11) is 0. The highest BCUT2D eigenvalue weighted by atomic mass is 32.1. The second-order valence-electron chi connectivity index (χ2n) is 8.37. The maximum absolute atomic E-state index is 12.8. The van der Waals surface area contributed by atoms with Crippen LogP contribution < -0.4 is 10.6 Å². The summed E-state index contributed by atoms with van der Waals surface area (Å²) in [5.74, 6) is 0.592. The summed E-state index contributed by atoms with van der Waals surface area (Å²) >= 11 is 1.54. The number of likely N-dealkylation sites (tertiary alicyclic amines) is 1. The molecule has 0 saturated carbocycles. The average Bonchev–Trinajstić information content (AvgIpc) is 3.27. The molecular weight excluding hydrogens is 396 g/mol. The van der Waals surface area contributed by atoms with Crippen LogP contribution in [0.2, 0.25) is 0 Å². The third-order valence-electron chi connectivity index (χ3n) is 5.83. The predicted molar refractivity (Wildman–Crippen MR) is 120 cm³/mol. The number of benzene rings is 1. The SMILES string of the molecule is CC(C)C(C)NC(=O)C1CCN(CC(=O)NC(c2ccccc2)c2nccs2)CC1. The third kappa shape index (κ3) is 6.12. The number of nitrogens with one attached hydrogen (secondary N) is 2. The van der Waals surface area contributed by atoms with Crippen molar-refractivity contribution in [3.63, 3.8) is 0 Å². The molecule has 2 heterocycles. The molecular formula is C23H32N4O2S. The molecule has 1 saturated heterocycles. The molecule has 1 aliphatic rings. The van der Waals surface area contributed by atoms with E-state index in [9.17, 15) is 9.59 Å². The van der Waals surface area contributed by atoms with Crippen molar-refractivity contribution in [3.05, 3.63) is 52.5 Å². The molecule has 0 radical (unpaired) electrons. The lowest BCUT2D eigenvalue weighted by atomic mass is 9.95. The maximum Gasteiger partial charge on any atom is 0.235 e. The minimum Gasteiger partial charge on any atom is -0.353 e. The molecule has 0 spiro atoms. The van der Waals surface area contributed by atoms with Gasteiger partial charge in [-0.05, 0) is 44.3 Å². The number of thiazole rings is 1. The van der Waals surface area contributed by atoms with Gasteiger partial charge in [-0.25, -0.2) is 4.98 Å². The number of carbonyl (C=O) groups is 2. The second-order valence-corrected chi connectivity index (χ2v) is 9.30. The molecule has 1 fully saturated rings. The van der Waals surface area contributed by atoms with Crippen LogP contribution in [-0.2, 0) is 9.59 Å². The maximum atomic E-state index is 12.8. The van der Waals surface area contributed by atoms with Crippen LogP contribution in [-0.4, -0.2) is 47.4 Å². The molecule has 1 aliphatic heterocycles. The lowest BCUT2D eigenvalue weighted by Gasteiger charge is -2.32. The van der Waals surface area contributed by atoms with E-state index in [2.05, 4.69) is 34.4 Å². The molecule has 1 aromatic carbocycles. The molecule has 7 heteroatoms. The van der Waals surface area contributed by atoms with Gasteiger partial charge >= 0.3 is 0 Å². The van der Waals surface area contributed by atoms with Crippen molar-refractivity contribution in [1.29, 1.82) is 0 Å². The van der Waals surface area contributed by atoms with Crippen molar-refractivity contribution in [1.82, 2.24) is 20.5 Å². The van der Waals surface area contributed by atoms with Crippen molar-refractivity contribution >= 4 is 23.2 Å². The van der Waals surface area contributed by atoms with Gasteiger partial charge in [0, 0.05) is 23.5 Å². The highest BCUT2D eigenvalue weighted by Gasteiger charge is 2.28. The molecule has 2 aromatic rings. The van der Waals surface area contributed by atoms with E-state index in [1.165, 1.54) is 0 Å². The van der Waals surface area contributed by atoms with Crippen LogP contribution in [0.25, 0.3) is 0 Å². The Bertz CT molecular complexity index is 802. The first kappa shape index (κ1) is 22.4. The van der Waals surface area contributed by atoms with Crippen molar-refractivity contribution in [2.75, 3.05) is 19.6 Å². The van der Waals surface area contributed by atoms with E-state index in [0.717, 1.165) is 36.5 Å². The van der Waals surface area contributed by atoms with Crippen molar-refractivity contribution in [3.8, 4) is 0 Å². The van der Waals surface area contributed by atoms with E-state index in [-0.39, 0.29) is 29.8 Å².